The van der Waals surface area contributed by atoms with Gasteiger partial charge in [0.1, 0.15) is 11.2 Å². The highest BCUT2D eigenvalue weighted by Gasteiger charge is 2.52. The topological polar surface area (TPSA) is 101 Å². The highest BCUT2D eigenvalue weighted by Crippen LogP contribution is 2.49. The number of fused-ring (bicyclic) bond motifs is 2. The molecule has 1 aliphatic carbocycles. The molecule has 7 heteroatoms. The van der Waals surface area contributed by atoms with Gasteiger partial charge >= 0.3 is 5.97 Å². The number of hydrogen-bond donors (Lipinski definition) is 2. The second-order valence-electron chi connectivity index (χ2n) is 8.07. The van der Waals surface area contributed by atoms with E-state index in [1.54, 1.807) is 18.3 Å². The van der Waals surface area contributed by atoms with E-state index in [-0.39, 0.29) is 24.6 Å². The maximum absolute atomic E-state index is 12.8. The molecule has 1 saturated carbocycles. The Morgan fingerprint density at radius 2 is 1.65 bits per heavy atom. The lowest BCUT2D eigenvalue weighted by molar-refractivity contribution is -0.144. The van der Waals surface area contributed by atoms with E-state index in [1.807, 2.05) is 42.5 Å². The fourth-order valence-corrected chi connectivity index (χ4v) is 4.39. The van der Waals surface area contributed by atoms with Gasteiger partial charge in [-0.25, -0.2) is 9.78 Å². The van der Waals surface area contributed by atoms with Gasteiger partial charge in [0.2, 0.25) is 0 Å². The molecule has 7 nitrogen and oxygen atoms in total. The number of ether oxygens (including phenoxy) is 1. The Labute approximate surface area is 179 Å². The molecule has 156 valence electrons. The molecular formula is C24H21N3O4. The number of nitrogens with one attached hydrogen (secondary N) is 1. The molecule has 3 aromatic rings. The monoisotopic (exact) mass is 415 g/mol. The molecule has 0 radical (unpaired) electrons. The zero-order valence-corrected chi connectivity index (χ0v) is 16.7. The molecular weight excluding hydrogens is 394 g/mol. The highest BCUT2D eigenvalue weighted by molar-refractivity contribution is 5.97. The summed E-state index contributed by atoms with van der Waals surface area (Å²) in [6, 6.07) is 16.9. The molecule has 0 saturated heterocycles. The maximum Gasteiger partial charge on any atom is 0.339 e. The molecule has 1 aliphatic heterocycles. The molecule has 0 unspecified atom stereocenters. The summed E-state index contributed by atoms with van der Waals surface area (Å²) in [6.45, 7) is 0. The van der Waals surface area contributed by atoms with Gasteiger partial charge in [-0.15, -0.1) is 0 Å². The predicted molar refractivity (Wildman–Crippen MR) is 113 cm³/mol. The minimum absolute atomic E-state index is 0.177. The third-order valence-corrected chi connectivity index (χ3v) is 6.20. The highest BCUT2D eigenvalue weighted by atomic mass is 16.6. The van der Waals surface area contributed by atoms with Crippen LogP contribution in [-0.4, -0.2) is 32.6 Å². The first kappa shape index (κ1) is 19.4. The molecule has 0 bridgehead atoms. The van der Waals surface area contributed by atoms with E-state index < -0.39 is 17.1 Å². The van der Waals surface area contributed by atoms with E-state index in [4.69, 9.17) is 4.74 Å². The fourth-order valence-electron chi connectivity index (χ4n) is 4.39. The first-order valence-electron chi connectivity index (χ1n) is 10.2. The van der Waals surface area contributed by atoms with Crippen molar-refractivity contribution >= 4 is 17.7 Å². The second kappa shape index (κ2) is 7.28. The third kappa shape index (κ3) is 3.37. The van der Waals surface area contributed by atoms with Gasteiger partial charge in [-0.1, -0.05) is 48.5 Å². The lowest BCUT2D eigenvalue weighted by Crippen LogP contribution is -2.49. The van der Waals surface area contributed by atoms with E-state index in [9.17, 15) is 14.7 Å². The number of rotatable bonds is 3. The van der Waals surface area contributed by atoms with E-state index in [2.05, 4.69) is 15.3 Å². The van der Waals surface area contributed by atoms with Crippen LogP contribution in [0.4, 0.5) is 5.82 Å². The summed E-state index contributed by atoms with van der Waals surface area (Å²) in [7, 11) is 0. The zero-order chi connectivity index (χ0) is 21.5. The number of benzene rings is 2. The van der Waals surface area contributed by atoms with Crippen LogP contribution in [0.3, 0.4) is 0 Å². The summed E-state index contributed by atoms with van der Waals surface area (Å²) < 4.78 is 5.70. The van der Waals surface area contributed by atoms with Crippen molar-refractivity contribution in [3.63, 3.8) is 0 Å². The van der Waals surface area contributed by atoms with Crippen LogP contribution < -0.4 is 5.32 Å². The Kier molecular flexibility index (Phi) is 4.55. The van der Waals surface area contributed by atoms with E-state index in [0.717, 1.165) is 11.1 Å². The summed E-state index contributed by atoms with van der Waals surface area (Å²) >= 11 is 0. The van der Waals surface area contributed by atoms with E-state index >= 15 is 0 Å². The number of anilines is 1. The van der Waals surface area contributed by atoms with Gasteiger partial charge in [0.15, 0.2) is 5.82 Å². The second-order valence-corrected chi connectivity index (χ2v) is 8.07. The Hall–Kier alpha value is -3.58. The lowest BCUT2D eigenvalue weighted by atomic mass is 9.72. The lowest BCUT2D eigenvalue weighted by Gasteiger charge is -2.40. The number of esters is 1. The van der Waals surface area contributed by atoms with Crippen molar-refractivity contribution in [1.82, 2.24) is 9.97 Å². The standard InChI is InChI=1S/C24H21N3O4/c28-21-17-8-4-5-9-18(17)24(31-21)12-10-23(30,11-13-24)22(29)27-20-15-25-19(14-26-20)16-6-2-1-3-7-16/h1-9,14-15,30H,10-13H2,(H,26,27,29). The van der Waals surface area contributed by atoms with Crippen LogP contribution in [0.25, 0.3) is 11.3 Å². The molecule has 2 heterocycles. The van der Waals surface area contributed by atoms with Crippen LogP contribution in [-0.2, 0) is 15.1 Å². The molecule has 2 aliphatic rings. The van der Waals surface area contributed by atoms with Gasteiger partial charge in [0, 0.05) is 11.1 Å². The van der Waals surface area contributed by atoms with Crippen LogP contribution in [0.1, 0.15) is 41.6 Å². The van der Waals surface area contributed by atoms with E-state index in [1.165, 1.54) is 6.20 Å². The fraction of sp³-hybridized carbons (Fsp3) is 0.250. The van der Waals surface area contributed by atoms with Crippen molar-refractivity contribution in [3.05, 3.63) is 78.1 Å². The summed E-state index contributed by atoms with van der Waals surface area (Å²) in [5, 5.41) is 13.7. The summed E-state index contributed by atoms with van der Waals surface area (Å²) in [6.07, 6.45) is 4.16. The normalized spacial score (nSPS) is 24.5. The number of amides is 1. The molecule has 1 spiro atoms. The van der Waals surface area contributed by atoms with Gasteiger partial charge in [0.05, 0.1) is 23.7 Å². The van der Waals surface area contributed by atoms with Gasteiger partial charge in [-0.2, -0.15) is 0 Å². The van der Waals surface area contributed by atoms with Gasteiger partial charge < -0.3 is 15.2 Å². The summed E-state index contributed by atoms with van der Waals surface area (Å²) in [5.41, 5.74) is 0.692. The average molecular weight is 415 g/mol. The minimum atomic E-state index is -1.56. The van der Waals surface area contributed by atoms with Crippen molar-refractivity contribution in [3.8, 4) is 11.3 Å². The Morgan fingerprint density at radius 1 is 0.935 bits per heavy atom. The molecule has 1 amide bonds. The Bertz CT molecular complexity index is 1140. The van der Waals surface area contributed by atoms with Crippen molar-refractivity contribution < 1.29 is 19.4 Å². The molecule has 0 atom stereocenters. The number of hydrogen-bond acceptors (Lipinski definition) is 6. The average Bonchev–Trinajstić information content (AvgIpc) is 3.09. The van der Waals surface area contributed by atoms with Crippen molar-refractivity contribution in [2.45, 2.75) is 36.9 Å². The number of aromatic nitrogens is 2. The Balaban J connectivity index is 1.28. The first-order valence-corrected chi connectivity index (χ1v) is 10.2. The quantitative estimate of drug-likeness (QED) is 0.636. The molecule has 2 N–H and O–H groups in total. The van der Waals surface area contributed by atoms with Crippen molar-refractivity contribution in [2.24, 2.45) is 0 Å². The summed E-state index contributed by atoms with van der Waals surface area (Å²) in [4.78, 5) is 33.6. The predicted octanol–water partition coefficient (Wildman–Crippen LogP) is 3.45. The van der Waals surface area contributed by atoms with Gasteiger partial charge in [-0.3, -0.25) is 9.78 Å². The molecule has 5 rings (SSSR count). The minimum Gasteiger partial charge on any atom is -0.451 e. The number of aliphatic hydroxyl groups is 1. The molecule has 1 aromatic heterocycles. The Morgan fingerprint density at radius 3 is 2.35 bits per heavy atom. The number of nitrogens with zero attached hydrogens (tertiary/aromatic N) is 2. The van der Waals surface area contributed by atoms with Crippen LogP contribution >= 0.6 is 0 Å². The third-order valence-electron chi connectivity index (χ3n) is 6.20. The summed E-state index contributed by atoms with van der Waals surface area (Å²) in [5.74, 6) is -0.600. The molecule has 1 fully saturated rings. The first-order chi connectivity index (χ1) is 15.0. The SMILES string of the molecule is O=C1OC2(CCC(O)(C(=O)Nc3cnc(-c4ccccc4)cn3)CC2)c2ccccc21. The smallest absolute Gasteiger partial charge is 0.339 e. The van der Waals surface area contributed by atoms with E-state index in [0.29, 0.717) is 24.1 Å². The van der Waals surface area contributed by atoms with Crippen LogP contribution in [0.15, 0.2) is 67.0 Å². The van der Waals surface area contributed by atoms with Gasteiger partial charge in [0.25, 0.3) is 5.91 Å². The molecule has 2 aromatic carbocycles. The number of carbonyl (C=O) groups is 2. The van der Waals surface area contributed by atoms with Crippen LogP contribution in [0, 0.1) is 0 Å². The van der Waals surface area contributed by atoms with Crippen molar-refractivity contribution in [2.75, 3.05) is 5.32 Å². The van der Waals surface area contributed by atoms with Crippen molar-refractivity contribution in [1.29, 1.82) is 0 Å². The van der Waals surface area contributed by atoms with Crippen LogP contribution in [0.5, 0.6) is 0 Å². The largest absolute Gasteiger partial charge is 0.451 e. The maximum atomic E-state index is 12.8. The zero-order valence-electron chi connectivity index (χ0n) is 16.7. The van der Waals surface area contributed by atoms with Crippen LogP contribution in [0.2, 0.25) is 0 Å². The number of carbonyl (C=O) groups excluding carboxylic acids is 2. The van der Waals surface area contributed by atoms with Gasteiger partial charge in [-0.05, 0) is 31.7 Å². The molecule has 31 heavy (non-hydrogen) atoms.